The molecular weight excluding hydrogens is 410 g/mol. The van der Waals surface area contributed by atoms with E-state index in [-0.39, 0.29) is 16.9 Å². The second-order valence-corrected chi connectivity index (χ2v) is 8.44. The zero-order chi connectivity index (χ0) is 22.5. The van der Waals surface area contributed by atoms with E-state index >= 15 is 0 Å². The van der Waals surface area contributed by atoms with E-state index in [4.69, 9.17) is 9.47 Å². The molecule has 32 heavy (non-hydrogen) atoms. The molecule has 3 heterocycles. The lowest BCUT2D eigenvalue weighted by molar-refractivity contribution is -0.534. The lowest BCUT2D eigenvalue weighted by Gasteiger charge is -2.32. The molecule has 8 heteroatoms. The third kappa shape index (κ3) is 2.69. The highest BCUT2D eigenvalue weighted by molar-refractivity contribution is 6.07. The molecule has 0 aromatic heterocycles. The van der Waals surface area contributed by atoms with Crippen LogP contribution in [-0.2, 0) is 10.3 Å². The number of anilines is 1. The molecule has 0 bridgehead atoms. The van der Waals surface area contributed by atoms with Crippen LogP contribution in [0.4, 0.5) is 5.69 Å². The minimum atomic E-state index is -1.32. The van der Waals surface area contributed by atoms with Crippen LogP contribution in [0.25, 0.3) is 0 Å². The predicted molar refractivity (Wildman–Crippen MR) is 119 cm³/mol. The van der Waals surface area contributed by atoms with Crippen LogP contribution in [-0.4, -0.2) is 48.1 Å². The molecule has 166 valence electrons. The Labute approximate surface area is 186 Å². The van der Waals surface area contributed by atoms with E-state index < -0.39 is 17.5 Å². The van der Waals surface area contributed by atoms with E-state index in [1.807, 2.05) is 36.4 Å². The van der Waals surface area contributed by atoms with Crippen molar-refractivity contribution in [3.8, 4) is 11.5 Å². The zero-order valence-corrected chi connectivity index (χ0v) is 17.8. The highest BCUT2D eigenvalue weighted by atomic mass is 16.6. The van der Waals surface area contributed by atoms with Crippen LogP contribution in [0.5, 0.6) is 11.5 Å². The van der Waals surface area contributed by atoms with Crippen molar-refractivity contribution in [1.29, 1.82) is 0 Å². The van der Waals surface area contributed by atoms with Gasteiger partial charge in [0, 0.05) is 28.8 Å². The average molecular weight is 435 g/mol. The topological polar surface area (TPSA) is 93.9 Å². The number of carbonyl (C=O) groups is 1. The normalized spacial score (nSPS) is 28.3. The monoisotopic (exact) mass is 435 g/mol. The van der Waals surface area contributed by atoms with Gasteiger partial charge in [0.05, 0.1) is 13.0 Å². The van der Waals surface area contributed by atoms with Gasteiger partial charge in [0.1, 0.15) is 6.61 Å². The summed E-state index contributed by atoms with van der Waals surface area (Å²) >= 11 is 0. The number of amides is 1. The largest absolute Gasteiger partial charge is 0.493 e. The summed E-state index contributed by atoms with van der Waals surface area (Å²) in [5.41, 5.74) is 0.804. The highest BCUT2D eigenvalue weighted by Gasteiger charge is 2.73. The van der Waals surface area contributed by atoms with Crippen LogP contribution in [0.1, 0.15) is 29.9 Å². The molecule has 3 aliphatic rings. The minimum absolute atomic E-state index is 0.119. The van der Waals surface area contributed by atoms with Gasteiger partial charge in [-0.05, 0) is 36.6 Å². The Bertz CT molecular complexity index is 1100. The van der Waals surface area contributed by atoms with Crippen LogP contribution in [0.15, 0.2) is 55.1 Å². The molecule has 8 nitrogen and oxygen atoms in total. The Kier molecular flexibility index (Phi) is 4.89. The van der Waals surface area contributed by atoms with Crippen molar-refractivity contribution >= 4 is 11.6 Å². The van der Waals surface area contributed by atoms with E-state index in [2.05, 4.69) is 16.8 Å². The summed E-state index contributed by atoms with van der Waals surface area (Å²) in [5.74, 6) is 0.279. The summed E-state index contributed by atoms with van der Waals surface area (Å²) in [6.07, 6.45) is 3.33. The Morgan fingerprint density at radius 3 is 2.88 bits per heavy atom. The molecule has 1 spiro atoms. The molecule has 0 radical (unpaired) electrons. The number of fused-ring (bicyclic) bond motifs is 4. The van der Waals surface area contributed by atoms with Gasteiger partial charge < -0.3 is 14.8 Å². The molecule has 1 N–H and O–H groups in total. The summed E-state index contributed by atoms with van der Waals surface area (Å²) in [4.78, 5) is 27.9. The van der Waals surface area contributed by atoms with Crippen molar-refractivity contribution in [3.63, 3.8) is 0 Å². The third-order valence-electron chi connectivity index (χ3n) is 7.02. The first kappa shape index (κ1) is 20.5. The SMILES string of the molecule is C=CCOc1ccc([C@H]2[C@H]([N+](=O)[O-])[C@]3(C(=O)Nc4ccccc43)N3CCC[C@@H]23)cc1OC. The van der Waals surface area contributed by atoms with Crippen LogP contribution < -0.4 is 14.8 Å². The van der Waals surface area contributed by atoms with Crippen molar-refractivity contribution in [2.24, 2.45) is 0 Å². The van der Waals surface area contributed by atoms with E-state index in [9.17, 15) is 14.9 Å². The van der Waals surface area contributed by atoms with E-state index in [0.717, 1.165) is 18.4 Å². The van der Waals surface area contributed by atoms with Gasteiger partial charge >= 0.3 is 0 Å². The number of rotatable bonds is 6. The van der Waals surface area contributed by atoms with Crippen LogP contribution in [0.3, 0.4) is 0 Å². The number of methoxy groups -OCH3 is 1. The molecule has 5 rings (SSSR count). The van der Waals surface area contributed by atoms with Crippen LogP contribution >= 0.6 is 0 Å². The number of para-hydroxylation sites is 1. The van der Waals surface area contributed by atoms with E-state index in [1.165, 1.54) is 0 Å². The van der Waals surface area contributed by atoms with Crippen LogP contribution in [0.2, 0.25) is 0 Å². The number of nitrogens with zero attached hydrogens (tertiary/aromatic N) is 2. The van der Waals surface area contributed by atoms with E-state index in [0.29, 0.717) is 35.9 Å². The molecule has 1 amide bonds. The fraction of sp³-hybridized carbons (Fsp3) is 0.375. The van der Waals surface area contributed by atoms with Crippen molar-refractivity contribution in [2.75, 3.05) is 25.6 Å². The number of ether oxygens (including phenoxy) is 2. The zero-order valence-electron chi connectivity index (χ0n) is 17.8. The van der Waals surface area contributed by atoms with Crippen molar-refractivity contribution in [2.45, 2.75) is 36.4 Å². The number of benzene rings is 2. The lowest BCUT2D eigenvalue weighted by atomic mass is 9.77. The maximum Gasteiger partial charge on any atom is 0.256 e. The quantitative estimate of drug-likeness (QED) is 0.425. The summed E-state index contributed by atoms with van der Waals surface area (Å²) in [7, 11) is 1.55. The highest BCUT2D eigenvalue weighted by Crippen LogP contribution is 2.58. The number of nitrogens with one attached hydrogen (secondary N) is 1. The summed E-state index contributed by atoms with van der Waals surface area (Å²) in [6.45, 7) is 4.63. The maximum absolute atomic E-state index is 13.5. The molecule has 2 saturated heterocycles. The summed E-state index contributed by atoms with van der Waals surface area (Å²) in [6, 6.07) is 11.5. The van der Waals surface area contributed by atoms with Gasteiger partial charge in [-0.15, -0.1) is 0 Å². The predicted octanol–water partition coefficient (Wildman–Crippen LogP) is 3.31. The Hall–Kier alpha value is -3.39. The Morgan fingerprint density at radius 2 is 2.12 bits per heavy atom. The van der Waals surface area contributed by atoms with Gasteiger partial charge in [-0.2, -0.15) is 0 Å². The van der Waals surface area contributed by atoms with Gasteiger partial charge in [-0.25, -0.2) is 0 Å². The van der Waals surface area contributed by atoms with Crippen LogP contribution in [0, 0.1) is 10.1 Å². The number of carbonyl (C=O) groups excluding carboxylic acids is 1. The van der Waals surface area contributed by atoms with Crippen molar-refractivity contribution in [3.05, 3.63) is 76.4 Å². The first-order valence-corrected chi connectivity index (χ1v) is 10.8. The Balaban J connectivity index is 1.67. The minimum Gasteiger partial charge on any atom is -0.493 e. The van der Waals surface area contributed by atoms with E-state index in [1.54, 1.807) is 19.3 Å². The number of hydrogen-bond acceptors (Lipinski definition) is 6. The third-order valence-corrected chi connectivity index (χ3v) is 7.02. The molecule has 2 fully saturated rings. The smallest absolute Gasteiger partial charge is 0.256 e. The van der Waals surface area contributed by atoms with Gasteiger partial charge in [0.25, 0.3) is 11.9 Å². The second kappa shape index (κ2) is 7.63. The molecule has 0 aliphatic carbocycles. The van der Waals surface area contributed by atoms with Gasteiger partial charge in [-0.3, -0.25) is 19.8 Å². The first-order chi connectivity index (χ1) is 15.5. The van der Waals surface area contributed by atoms with Gasteiger partial charge in [-0.1, -0.05) is 36.9 Å². The van der Waals surface area contributed by atoms with Crippen molar-refractivity contribution < 1.29 is 19.2 Å². The molecule has 4 atom stereocenters. The summed E-state index contributed by atoms with van der Waals surface area (Å²) < 4.78 is 11.2. The van der Waals surface area contributed by atoms with Crippen molar-refractivity contribution in [1.82, 2.24) is 4.90 Å². The fourth-order valence-electron chi connectivity index (χ4n) is 5.93. The molecule has 0 unspecified atom stereocenters. The molecule has 3 aliphatic heterocycles. The Morgan fingerprint density at radius 1 is 1.31 bits per heavy atom. The fourth-order valence-corrected chi connectivity index (χ4v) is 5.93. The van der Waals surface area contributed by atoms with Gasteiger partial charge in [0.15, 0.2) is 17.0 Å². The number of nitro groups is 1. The first-order valence-electron chi connectivity index (χ1n) is 10.8. The molecule has 2 aromatic rings. The molecular formula is C24H25N3O5. The standard InChI is InChI=1S/C24H25N3O5/c1-3-13-32-19-11-10-15(14-20(19)31-2)21-18-9-6-12-26(18)24(22(21)27(29)30)16-7-4-5-8-17(16)25-23(24)28/h3-5,7-8,10-11,14,18,21-22H,1,6,9,12-13H2,2H3,(H,25,28)/t18-,21+,22-,24+/m0/s1. The average Bonchev–Trinajstić information content (AvgIpc) is 3.45. The number of hydrogen-bond donors (Lipinski definition) is 1. The van der Waals surface area contributed by atoms with Gasteiger partial charge in [0.2, 0.25) is 0 Å². The summed E-state index contributed by atoms with van der Waals surface area (Å²) in [5, 5.41) is 15.5. The maximum atomic E-state index is 13.5. The molecule has 0 saturated carbocycles. The second-order valence-electron chi connectivity index (χ2n) is 8.44. The molecule has 2 aromatic carbocycles. The lowest BCUT2D eigenvalue weighted by Crippen LogP contribution is -2.55.